The smallest absolute Gasteiger partial charge is 0.147 e. The second-order valence-corrected chi connectivity index (χ2v) is 4.43. The van der Waals surface area contributed by atoms with Gasteiger partial charge in [-0.25, -0.2) is 9.97 Å². The molecule has 2 aromatic rings. The van der Waals surface area contributed by atoms with E-state index < -0.39 is 0 Å². The number of aromatic nitrogens is 3. The van der Waals surface area contributed by atoms with Crippen LogP contribution in [0.4, 0.5) is 5.82 Å². The van der Waals surface area contributed by atoms with Crippen LogP contribution in [0.25, 0.3) is 0 Å². The third kappa shape index (κ3) is 3.45. The van der Waals surface area contributed by atoms with Crippen molar-refractivity contribution < 1.29 is 0 Å². The zero-order chi connectivity index (χ0) is 13.7. The van der Waals surface area contributed by atoms with Crippen molar-refractivity contribution in [3.8, 4) is 0 Å². The summed E-state index contributed by atoms with van der Waals surface area (Å²) in [6.45, 7) is 3.67. The predicted octanol–water partition coefficient (Wildman–Crippen LogP) is 1.53. The lowest BCUT2D eigenvalue weighted by Crippen LogP contribution is -2.24. The molecular weight excluding hydrogens is 258 g/mol. The molecule has 0 saturated carbocycles. The first-order valence-electron chi connectivity index (χ1n) is 5.96. The van der Waals surface area contributed by atoms with Crippen LogP contribution in [-0.4, -0.2) is 26.5 Å². The number of nitrogens with two attached hydrogens (primary N) is 1. The van der Waals surface area contributed by atoms with Crippen molar-refractivity contribution in [3.05, 3.63) is 48.2 Å². The van der Waals surface area contributed by atoms with Gasteiger partial charge in [-0.05, 0) is 24.6 Å². The zero-order valence-electron chi connectivity index (χ0n) is 10.7. The van der Waals surface area contributed by atoms with Crippen LogP contribution in [0.15, 0.2) is 36.9 Å². The molecule has 6 heteroatoms. The fraction of sp³-hybridized carbons (Fsp3) is 0.231. The van der Waals surface area contributed by atoms with Crippen molar-refractivity contribution in [3.63, 3.8) is 0 Å². The van der Waals surface area contributed by atoms with Gasteiger partial charge in [-0.15, -0.1) is 0 Å². The van der Waals surface area contributed by atoms with Crippen molar-refractivity contribution in [1.29, 1.82) is 0 Å². The van der Waals surface area contributed by atoms with Gasteiger partial charge in [0, 0.05) is 25.5 Å². The summed E-state index contributed by atoms with van der Waals surface area (Å²) in [6, 6.07) is 3.97. The molecule has 0 bridgehead atoms. The average molecular weight is 273 g/mol. The maximum absolute atomic E-state index is 5.50. The molecule has 19 heavy (non-hydrogen) atoms. The van der Waals surface area contributed by atoms with E-state index in [1.807, 2.05) is 12.1 Å². The number of pyridine rings is 1. The van der Waals surface area contributed by atoms with E-state index in [1.54, 1.807) is 24.8 Å². The third-order valence-electron chi connectivity index (χ3n) is 2.72. The fourth-order valence-corrected chi connectivity index (χ4v) is 1.78. The Bertz CT molecular complexity index is 541. The monoisotopic (exact) mass is 273 g/mol. The predicted molar refractivity (Wildman–Crippen MR) is 78.9 cm³/mol. The van der Waals surface area contributed by atoms with Crippen molar-refractivity contribution in [2.75, 3.05) is 11.4 Å². The summed E-state index contributed by atoms with van der Waals surface area (Å²) in [5, 5.41) is 0. The summed E-state index contributed by atoms with van der Waals surface area (Å²) in [5.41, 5.74) is 7.22. The number of nitrogens with zero attached hydrogens (tertiary/aromatic N) is 4. The Hall–Kier alpha value is -2.08. The number of rotatable bonds is 5. The standard InChI is InChI=1S/C13H15N5S/c1-2-18(9-10-3-5-15-6-4-10)12-8-16-11(7-17-12)13(14)19/h3-8H,2,9H2,1H3,(H2,14,19). The molecule has 0 aliphatic carbocycles. The highest BCUT2D eigenvalue weighted by Crippen LogP contribution is 2.12. The summed E-state index contributed by atoms with van der Waals surface area (Å²) in [6.07, 6.45) is 6.86. The summed E-state index contributed by atoms with van der Waals surface area (Å²) in [4.78, 5) is 14.9. The number of thiocarbonyl (C=S) groups is 1. The zero-order valence-corrected chi connectivity index (χ0v) is 11.5. The molecule has 5 nitrogen and oxygen atoms in total. The Morgan fingerprint density at radius 3 is 2.53 bits per heavy atom. The average Bonchev–Trinajstić information content (AvgIpc) is 2.46. The first-order chi connectivity index (χ1) is 9.20. The number of anilines is 1. The molecule has 2 heterocycles. The molecule has 0 aromatic carbocycles. The normalized spacial score (nSPS) is 10.2. The van der Waals surface area contributed by atoms with Crippen molar-refractivity contribution in [2.45, 2.75) is 13.5 Å². The minimum Gasteiger partial charge on any atom is -0.388 e. The van der Waals surface area contributed by atoms with Crippen LogP contribution >= 0.6 is 12.2 Å². The summed E-state index contributed by atoms with van der Waals surface area (Å²) >= 11 is 4.86. The Labute approximate surface area is 117 Å². The third-order valence-corrected chi connectivity index (χ3v) is 2.93. The first kappa shape index (κ1) is 13.4. The van der Waals surface area contributed by atoms with Gasteiger partial charge in [0.15, 0.2) is 0 Å². The first-order valence-corrected chi connectivity index (χ1v) is 6.37. The van der Waals surface area contributed by atoms with Crippen LogP contribution in [0.1, 0.15) is 18.2 Å². The van der Waals surface area contributed by atoms with Crippen LogP contribution in [0.3, 0.4) is 0 Å². The maximum Gasteiger partial charge on any atom is 0.147 e. The van der Waals surface area contributed by atoms with Crippen molar-refractivity contribution >= 4 is 23.0 Å². The second kappa shape index (κ2) is 6.19. The van der Waals surface area contributed by atoms with Gasteiger partial charge >= 0.3 is 0 Å². The van der Waals surface area contributed by atoms with E-state index >= 15 is 0 Å². The molecule has 2 N–H and O–H groups in total. The maximum atomic E-state index is 5.50. The lowest BCUT2D eigenvalue weighted by molar-refractivity contribution is 0.807. The van der Waals surface area contributed by atoms with Gasteiger partial charge in [-0.1, -0.05) is 12.2 Å². The lowest BCUT2D eigenvalue weighted by atomic mass is 10.2. The van der Waals surface area contributed by atoms with E-state index in [0.29, 0.717) is 5.69 Å². The van der Waals surface area contributed by atoms with E-state index in [9.17, 15) is 0 Å². The van der Waals surface area contributed by atoms with E-state index in [-0.39, 0.29) is 4.99 Å². The van der Waals surface area contributed by atoms with E-state index in [2.05, 4.69) is 26.8 Å². The minimum absolute atomic E-state index is 0.260. The highest BCUT2D eigenvalue weighted by atomic mass is 32.1. The molecule has 0 saturated heterocycles. The summed E-state index contributed by atoms with van der Waals surface area (Å²) in [5.74, 6) is 0.805. The lowest BCUT2D eigenvalue weighted by Gasteiger charge is -2.21. The molecule has 0 fully saturated rings. The molecule has 2 rings (SSSR count). The molecule has 0 atom stereocenters. The van der Waals surface area contributed by atoms with Crippen molar-refractivity contribution in [1.82, 2.24) is 15.0 Å². The fourth-order valence-electron chi connectivity index (χ4n) is 1.68. The number of hydrogen-bond donors (Lipinski definition) is 1. The molecule has 2 aromatic heterocycles. The van der Waals surface area contributed by atoms with Gasteiger partial charge in [0.25, 0.3) is 0 Å². The Morgan fingerprint density at radius 2 is 2.00 bits per heavy atom. The van der Waals surface area contributed by atoms with E-state index in [1.165, 1.54) is 5.56 Å². The van der Waals surface area contributed by atoms with Crippen LogP contribution in [-0.2, 0) is 6.54 Å². The van der Waals surface area contributed by atoms with Gasteiger partial charge in [0.05, 0.1) is 12.4 Å². The Kier molecular flexibility index (Phi) is 4.35. The van der Waals surface area contributed by atoms with Gasteiger partial charge in [0.1, 0.15) is 16.5 Å². The molecule has 0 amide bonds. The molecule has 0 unspecified atom stereocenters. The van der Waals surface area contributed by atoms with Crippen LogP contribution in [0.5, 0.6) is 0 Å². The van der Waals surface area contributed by atoms with Gasteiger partial charge in [0.2, 0.25) is 0 Å². The SMILES string of the molecule is CCN(Cc1ccncc1)c1cnc(C(N)=S)cn1. The molecule has 98 valence electrons. The number of hydrogen-bond acceptors (Lipinski definition) is 5. The van der Waals surface area contributed by atoms with E-state index in [4.69, 9.17) is 18.0 Å². The Morgan fingerprint density at radius 1 is 1.26 bits per heavy atom. The van der Waals surface area contributed by atoms with Crippen molar-refractivity contribution in [2.24, 2.45) is 5.73 Å². The van der Waals surface area contributed by atoms with Crippen LogP contribution < -0.4 is 10.6 Å². The molecular formula is C13H15N5S. The summed E-state index contributed by atoms with van der Waals surface area (Å²) < 4.78 is 0. The molecule has 0 radical (unpaired) electrons. The quantitative estimate of drug-likeness (QED) is 0.833. The molecule has 0 aliphatic rings. The van der Waals surface area contributed by atoms with Gasteiger partial charge < -0.3 is 10.6 Å². The van der Waals surface area contributed by atoms with Gasteiger partial charge in [-0.3, -0.25) is 4.98 Å². The highest BCUT2D eigenvalue weighted by Gasteiger charge is 2.08. The van der Waals surface area contributed by atoms with E-state index in [0.717, 1.165) is 18.9 Å². The molecule has 0 aliphatic heterocycles. The van der Waals surface area contributed by atoms with Crippen LogP contribution in [0, 0.1) is 0 Å². The molecule has 0 spiro atoms. The Balaban J connectivity index is 2.15. The van der Waals surface area contributed by atoms with Gasteiger partial charge in [-0.2, -0.15) is 0 Å². The van der Waals surface area contributed by atoms with Crippen LogP contribution in [0.2, 0.25) is 0 Å². The highest BCUT2D eigenvalue weighted by molar-refractivity contribution is 7.80. The second-order valence-electron chi connectivity index (χ2n) is 3.99. The largest absolute Gasteiger partial charge is 0.388 e. The summed E-state index contributed by atoms with van der Waals surface area (Å²) in [7, 11) is 0. The topological polar surface area (TPSA) is 67.9 Å². The minimum atomic E-state index is 0.260.